The summed E-state index contributed by atoms with van der Waals surface area (Å²) in [6.45, 7) is 1.69. The van der Waals surface area contributed by atoms with Gasteiger partial charge in [0, 0.05) is 5.69 Å². The van der Waals surface area contributed by atoms with Gasteiger partial charge in [0.25, 0.3) is 0 Å². The van der Waals surface area contributed by atoms with Crippen LogP contribution in [0.2, 0.25) is 5.15 Å². The third kappa shape index (κ3) is 3.39. The maximum absolute atomic E-state index is 11.1. The SMILES string of the molecule is Cc1cc(Cl)nc(NS(=O)(=O)CBr)n1. The van der Waals surface area contributed by atoms with Gasteiger partial charge in [0.15, 0.2) is 0 Å². The molecular weight excluding hydrogens is 294 g/mol. The zero-order valence-corrected chi connectivity index (χ0v) is 10.3. The number of sulfonamides is 1. The van der Waals surface area contributed by atoms with Crippen LogP contribution in [0.25, 0.3) is 0 Å². The molecule has 0 amide bonds. The van der Waals surface area contributed by atoms with E-state index in [1.807, 2.05) is 0 Å². The lowest BCUT2D eigenvalue weighted by Crippen LogP contribution is -2.15. The highest BCUT2D eigenvalue weighted by atomic mass is 79.9. The molecule has 0 radical (unpaired) electrons. The van der Waals surface area contributed by atoms with Crippen molar-refractivity contribution in [3.8, 4) is 0 Å². The molecule has 1 rings (SSSR count). The van der Waals surface area contributed by atoms with Crippen molar-refractivity contribution in [2.24, 2.45) is 0 Å². The van der Waals surface area contributed by atoms with E-state index in [2.05, 4.69) is 30.6 Å². The zero-order chi connectivity index (χ0) is 10.8. The molecule has 0 aliphatic carbocycles. The molecule has 14 heavy (non-hydrogen) atoms. The second-order valence-electron chi connectivity index (χ2n) is 2.48. The summed E-state index contributed by atoms with van der Waals surface area (Å²) in [6.07, 6.45) is 0. The third-order valence-corrected chi connectivity index (χ3v) is 4.00. The van der Waals surface area contributed by atoms with Crippen molar-refractivity contribution >= 4 is 43.5 Å². The van der Waals surface area contributed by atoms with Gasteiger partial charge in [0.05, 0.1) is 0 Å². The average Bonchev–Trinajstić information content (AvgIpc) is 2.01. The Labute approximate surface area is 95.1 Å². The highest BCUT2D eigenvalue weighted by molar-refractivity contribution is 9.10. The number of nitrogens with zero attached hydrogens (tertiary/aromatic N) is 2. The van der Waals surface area contributed by atoms with Gasteiger partial charge >= 0.3 is 0 Å². The van der Waals surface area contributed by atoms with Crippen LogP contribution in [0.1, 0.15) is 5.69 Å². The summed E-state index contributed by atoms with van der Waals surface area (Å²) in [4.78, 5) is 7.57. The Bertz CT molecular complexity index is 416. The molecule has 1 N–H and O–H groups in total. The third-order valence-electron chi connectivity index (χ3n) is 1.21. The van der Waals surface area contributed by atoms with Crippen molar-refractivity contribution in [2.75, 3.05) is 9.38 Å². The smallest absolute Gasteiger partial charge is 0.245 e. The molecule has 0 saturated heterocycles. The number of rotatable bonds is 3. The Hall–Kier alpha value is -0.400. The van der Waals surface area contributed by atoms with Gasteiger partial charge in [-0.3, -0.25) is 4.72 Å². The fraction of sp³-hybridized carbons (Fsp3) is 0.333. The Morgan fingerprint density at radius 2 is 2.21 bits per heavy atom. The minimum absolute atomic E-state index is 0.0190. The number of nitrogens with one attached hydrogen (secondary N) is 1. The molecule has 0 saturated carbocycles. The molecule has 0 atom stereocenters. The number of alkyl halides is 1. The summed E-state index contributed by atoms with van der Waals surface area (Å²) in [6, 6.07) is 1.54. The van der Waals surface area contributed by atoms with E-state index >= 15 is 0 Å². The predicted molar refractivity (Wildman–Crippen MR) is 58.1 cm³/mol. The Balaban J connectivity index is 2.98. The highest BCUT2D eigenvalue weighted by Crippen LogP contribution is 2.11. The van der Waals surface area contributed by atoms with E-state index in [1.54, 1.807) is 6.92 Å². The van der Waals surface area contributed by atoms with E-state index in [4.69, 9.17) is 11.6 Å². The molecule has 1 aromatic heterocycles. The molecule has 0 unspecified atom stereocenters. The Kier molecular flexibility index (Phi) is 3.68. The fourth-order valence-electron chi connectivity index (χ4n) is 0.742. The molecular formula is C6H7BrClN3O2S. The monoisotopic (exact) mass is 299 g/mol. The first-order valence-electron chi connectivity index (χ1n) is 3.50. The van der Waals surface area contributed by atoms with Gasteiger partial charge in [-0.2, -0.15) is 0 Å². The van der Waals surface area contributed by atoms with Crippen molar-refractivity contribution in [3.05, 3.63) is 16.9 Å². The van der Waals surface area contributed by atoms with Crippen LogP contribution in [0.15, 0.2) is 6.07 Å². The first kappa shape index (κ1) is 11.7. The number of hydrogen-bond acceptors (Lipinski definition) is 4. The standard InChI is InChI=1S/C6H7BrClN3O2S/c1-4-2-5(8)10-6(9-4)11-14(12,13)3-7/h2H,3H2,1H3,(H,9,10,11). The van der Waals surface area contributed by atoms with Crippen LogP contribution in [0.5, 0.6) is 0 Å². The van der Waals surface area contributed by atoms with E-state index in [1.165, 1.54) is 6.07 Å². The molecule has 1 aromatic rings. The number of halogens is 2. The number of aryl methyl sites for hydroxylation is 1. The van der Waals surface area contributed by atoms with Crippen LogP contribution >= 0.6 is 27.5 Å². The average molecular weight is 301 g/mol. The van der Waals surface area contributed by atoms with Crippen LogP contribution in [-0.2, 0) is 10.0 Å². The maximum Gasteiger partial charge on any atom is 0.245 e. The first-order valence-corrected chi connectivity index (χ1v) is 6.66. The summed E-state index contributed by atoms with van der Waals surface area (Å²) in [5.41, 5.74) is 0.595. The van der Waals surface area contributed by atoms with Gasteiger partial charge < -0.3 is 0 Å². The number of hydrogen-bond donors (Lipinski definition) is 1. The maximum atomic E-state index is 11.1. The fourth-order valence-corrected chi connectivity index (χ4v) is 1.75. The van der Waals surface area contributed by atoms with Crippen LogP contribution in [0.4, 0.5) is 5.95 Å². The molecule has 0 fully saturated rings. The highest BCUT2D eigenvalue weighted by Gasteiger charge is 2.10. The summed E-state index contributed by atoms with van der Waals surface area (Å²) in [5, 5.41) is 0.199. The summed E-state index contributed by atoms with van der Waals surface area (Å²) < 4.78 is 24.2. The summed E-state index contributed by atoms with van der Waals surface area (Å²) in [7, 11) is -3.42. The van der Waals surface area contributed by atoms with Gasteiger partial charge in [0.2, 0.25) is 16.0 Å². The molecule has 1 heterocycles. The normalized spacial score (nSPS) is 11.4. The lowest BCUT2D eigenvalue weighted by atomic mass is 10.5. The van der Waals surface area contributed by atoms with E-state index < -0.39 is 10.0 Å². The van der Waals surface area contributed by atoms with Gasteiger partial charge in [-0.25, -0.2) is 18.4 Å². The predicted octanol–water partition coefficient (Wildman–Crippen LogP) is 1.53. The Morgan fingerprint density at radius 1 is 1.57 bits per heavy atom. The molecule has 5 nitrogen and oxygen atoms in total. The Morgan fingerprint density at radius 3 is 2.71 bits per heavy atom. The van der Waals surface area contributed by atoms with Crippen LogP contribution < -0.4 is 4.72 Å². The van der Waals surface area contributed by atoms with Crippen molar-refractivity contribution < 1.29 is 8.42 Å². The molecule has 0 aromatic carbocycles. The quantitative estimate of drug-likeness (QED) is 0.679. The van der Waals surface area contributed by atoms with Gasteiger partial charge in [0.1, 0.15) is 9.82 Å². The number of anilines is 1. The summed E-state index contributed by atoms with van der Waals surface area (Å²) in [5.74, 6) is -0.0190. The largest absolute Gasteiger partial charge is 0.250 e. The van der Waals surface area contributed by atoms with E-state index in [-0.39, 0.29) is 15.8 Å². The van der Waals surface area contributed by atoms with Crippen molar-refractivity contribution in [2.45, 2.75) is 6.92 Å². The lowest BCUT2D eigenvalue weighted by Gasteiger charge is -2.04. The van der Waals surface area contributed by atoms with Gasteiger partial charge in [-0.15, -0.1) is 0 Å². The topological polar surface area (TPSA) is 72.0 Å². The molecule has 0 spiro atoms. The minimum Gasteiger partial charge on any atom is -0.250 e. The zero-order valence-electron chi connectivity index (χ0n) is 7.16. The van der Waals surface area contributed by atoms with Crippen LogP contribution in [-0.4, -0.2) is 23.0 Å². The van der Waals surface area contributed by atoms with E-state index in [0.717, 1.165) is 0 Å². The van der Waals surface area contributed by atoms with Gasteiger partial charge in [-0.1, -0.05) is 27.5 Å². The van der Waals surface area contributed by atoms with E-state index in [0.29, 0.717) is 5.69 Å². The van der Waals surface area contributed by atoms with Crippen LogP contribution in [0, 0.1) is 6.92 Å². The second kappa shape index (κ2) is 4.41. The van der Waals surface area contributed by atoms with Crippen LogP contribution in [0.3, 0.4) is 0 Å². The lowest BCUT2D eigenvalue weighted by molar-refractivity contribution is 0.605. The molecule has 0 aliphatic rings. The summed E-state index contributed by atoms with van der Waals surface area (Å²) >= 11 is 8.45. The van der Waals surface area contributed by atoms with E-state index in [9.17, 15) is 8.42 Å². The molecule has 8 heteroatoms. The molecule has 78 valence electrons. The number of aromatic nitrogens is 2. The van der Waals surface area contributed by atoms with Gasteiger partial charge in [-0.05, 0) is 13.0 Å². The molecule has 0 bridgehead atoms. The molecule has 0 aliphatic heterocycles. The van der Waals surface area contributed by atoms with Crippen molar-refractivity contribution in [1.29, 1.82) is 0 Å². The first-order chi connectivity index (χ1) is 6.43. The minimum atomic E-state index is -3.42. The second-order valence-corrected chi connectivity index (χ2v) is 5.89. The van der Waals surface area contributed by atoms with Crippen molar-refractivity contribution in [1.82, 2.24) is 9.97 Å². The van der Waals surface area contributed by atoms with Crippen molar-refractivity contribution in [3.63, 3.8) is 0 Å².